The molecule has 0 spiro atoms. The van der Waals surface area contributed by atoms with E-state index in [1.807, 2.05) is 0 Å². The van der Waals surface area contributed by atoms with Crippen molar-refractivity contribution in [3.63, 3.8) is 0 Å². The standard InChI is InChI=1S/C22H32FN3O4S/c1-3-14-31(29,30)25-15-20(27)26(19-12-10-17(23)11-13-19)22(2,16-25)21(28)24-18-8-6-4-5-7-9-18/h10-13,18H,3-9,14-16H2,1-2H3,(H,24,28)/t22-/m1/s1. The third-order valence-corrected chi connectivity index (χ3v) is 8.13. The highest BCUT2D eigenvalue weighted by Gasteiger charge is 2.51. The number of rotatable bonds is 6. The van der Waals surface area contributed by atoms with Crippen LogP contribution >= 0.6 is 0 Å². The average Bonchev–Trinajstić information content (AvgIpc) is 2.97. The number of nitrogens with zero attached hydrogens (tertiary/aromatic N) is 2. The van der Waals surface area contributed by atoms with Crippen LogP contribution in [-0.4, -0.2) is 55.0 Å². The lowest BCUT2D eigenvalue weighted by Crippen LogP contribution is -2.71. The fourth-order valence-electron chi connectivity index (χ4n) is 4.51. The van der Waals surface area contributed by atoms with Gasteiger partial charge in [-0.05, 0) is 50.5 Å². The molecule has 1 saturated carbocycles. The van der Waals surface area contributed by atoms with Gasteiger partial charge < -0.3 is 5.32 Å². The van der Waals surface area contributed by atoms with E-state index < -0.39 is 27.3 Å². The zero-order chi connectivity index (χ0) is 22.6. The molecule has 1 aliphatic heterocycles. The Morgan fingerprint density at radius 1 is 1.16 bits per heavy atom. The minimum atomic E-state index is -3.68. The van der Waals surface area contributed by atoms with E-state index in [-0.39, 0.29) is 30.8 Å². The summed E-state index contributed by atoms with van der Waals surface area (Å²) in [5.74, 6) is -1.42. The molecule has 2 amide bonds. The van der Waals surface area contributed by atoms with E-state index in [1.165, 1.54) is 29.2 Å². The summed E-state index contributed by atoms with van der Waals surface area (Å²) >= 11 is 0. The van der Waals surface area contributed by atoms with Crippen LogP contribution in [0.5, 0.6) is 0 Å². The third kappa shape index (κ3) is 5.26. The largest absolute Gasteiger partial charge is 0.351 e. The SMILES string of the molecule is CCCS(=O)(=O)N1CC(=O)N(c2ccc(F)cc2)[C@@](C)(C(=O)NC2CCCCCC2)C1. The summed E-state index contributed by atoms with van der Waals surface area (Å²) < 4.78 is 40.1. The maximum absolute atomic E-state index is 13.5. The Kier molecular flexibility index (Phi) is 7.36. The smallest absolute Gasteiger partial charge is 0.247 e. The Morgan fingerprint density at radius 2 is 1.77 bits per heavy atom. The van der Waals surface area contributed by atoms with Crippen molar-refractivity contribution >= 4 is 27.5 Å². The second-order valence-corrected chi connectivity index (χ2v) is 10.8. The number of hydrogen-bond acceptors (Lipinski definition) is 4. The predicted molar refractivity (Wildman–Crippen MR) is 118 cm³/mol. The Hall–Kier alpha value is -2.00. The van der Waals surface area contributed by atoms with Crippen LogP contribution in [0.1, 0.15) is 58.8 Å². The fraction of sp³-hybridized carbons (Fsp3) is 0.636. The lowest BCUT2D eigenvalue weighted by atomic mass is 9.93. The number of hydrogen-bond donors (Lipinski definition) is 1. The van der Waals surface area contributed by atoms with Crippen molar-refractivity contribution in [2.75, 3.05) is 23.7 Å². The third-order valence-electron chi connectivity index (χ3n) is 6.16. The lowest BCUT2D eigenvalue weighted by Gasteiger charge is -2.47. The molecule has 0 aromatic heterocycles. The fourth-order valence-corrected chi connectivity index (χ4v) is 6.04. The van der Waals surface area contributed by atoms with E-state index >= 15 is 0 Å². The highest BCUT2D eigenvalue weighted by atomic mass is 32.2. The molecule has 1 atom stereocenters. The minimum Gasteiger partial charge on any atom is -0.351 e. The first-order chi connectivity index (χ1) is 14.7. The number of anilines is 1. The van der Waals surface area contributed by atoms with Gasteiger partial charge >= 0.3 is 0 Å². The molecule has 1 aromatic rings. The van der Waals surface area contributed by atoms with Crippen LogP contribution in [-0.2, 0) is 19.6 Å². The number of nitrogens with one attached hydrogen (secondary N) is 1. The number of sulfonamides is 1. The van der Waals surface area contributed by atoms with Gasteiger partial charge in [0, 0.05) is 18.3 Å². The molecular formula is C22H32FN3O4S. The van der Waals surface area contributed by atoms with E-state index in [4.69, 9.17) is 0 Å². The number of amides is 2. The first kappa shape index (κ1) is 23.7. The molecule has 1 saturated heterocycles. The zero-order valence-electron chi connectivity index (χ0n) is 18.3. The van der Waals surface area contributed by atoms with E-state index in [0.29, 0.717) is 12.1 Å². The summed E-state index contributed by atoms with van der Waals surface area (Å²) in [6, 6.07) is 5.35. The van der Waals surface area contributed by atoms with Crippen LogP contribution in [0.3, 0.4) is 0 Å². The Balaban J connectivity index is 1.95. The molecular weight excluding hydrogens is 421 g/mol. The summed E-state index contributed by atoms with van der Waals surface area (Å²) in [7, 11) is -3.68. The van der Waals surface area contributed by atoms with Gasteiger partial charge in [0.2, 0.25) is 21.8 Å². The van der Waals surface area contributed by atoms with Crippen LogP contribution in [0.4, 0.5) is 10.1 Å². The highest BCUT2D eigenvalue weighted by Crippen LogP contribution is 2.31. The van der Waals surface area contributed by atoms with Gasteiger partial charge in [-0.25, -0.2) is 12.8 Å². The van der Waals surface area contributed by atoms with Gasteiger partial charge in [0.1, 0.15) is 11.4 Å². The monoisotopic (exact) mass is 453 g/mol. The van der Waals surface area contributed by atoms with Gasteiger partial charge in [0.25, 0.3) is 0 Å². The normalized spacial score (nSPS) is 24.1. The van der Waals surface area contributed by atoms with Crippen molar-refractivity contribution in [1.82, 2.24) is 9.62 Å². The number of benzene rings is 1. The minimum absolute atomic E-state index is 0.000352. The Morgan fingerprint density at radius 3 is 2.35 bits per heavy atom. The van der Waals surface area contributed by atoms with Crippen molar-refractivity contribution in [2.24, 2.45) is 0 Å². The first-order valence-electron chi connectivity index (χ1n) is 11.0. The molecule has 1 aromatic carbocycles. The number of carbonyl (C=O) groups is 2. The molecule has 7 nitrogen and oxygen atoms in total. The number of carbonyl (C=O) groups excluding carboxylic acids is 2. The molecule has 0 unspecified atom stereocenters. The molecule has 0 bridgehead atoms. The molecule has 1 heterocycles. The molecule has 2 aliphatic rings. The Labute approximate surface area is 184 Å². The molecule has 3 rings (SSSR count). The summed E-state index contributed by atoms with van der Waals surface area (Å²) in [5, 5.41) is 3.08. The van der Waals surface area contributed by atoms with Crippen LogP contribution in [0.15, 0.2) is 24.3 Å². The predicted octanol–water partition coefficient (Wildman–Crippen LogP) is 2.81. The molecule has 1 N–H and O–H groups in total. The summed E-state index contributed by atoms with van der Waals surface area (Å²) in [6.07, 6.45) is 6.46. The highest BCUT2D eigenvalue weighted by molar-refractivity contribution is 7.89. The second-order valence-electron chi connectivity index (χ2n) is 8.73. The number of piperazine rings is 1. The first-order valence-corrected chi connectivity index (χ1v) is 12.7. The summed E-state index contributed by atoms with van der Waals surface area (Å²) in [6.45, 7) is 2.86. The van der Waals surface area contributed by atoms with Crippen LogP contribution in [0.2, 0.25) is 0 Å². The second kappa shape index (κ2) is 9.65. The molecule has 0 radical (unpaired) electrons. The summed E-state index contributed by atoms with van der Waals surface area (Å²) in [4.78, 5) is 28.0. The van der Waals surface area contributed by atoms with Gasteiger partial charge in [-0.2, -0.15) is 4.31 Å². The van der Waals surface area contributed by atoms with Gasteiger partial charge in [-0.3, -0.25) is 14.5 Å². The topological polar surface area (TPSA) is 86.8 Å². The Bertz CT molecular complexity index is 898. The van der Waals surface area contributed by atoms with Crippen LogP contribution < -0.4 is 10.2 Å². The van der Waals surface area contributed by atoms with Crippen molar-refractivity contribution in [3.8, 4) is 0 Å². The molecule has 9 heteroatoms. The van der Waals surface area contributed by atoms with E-state index in [0.717, 1.165) is 42.8 Å². The summed E-state index contributed by atoms with van der Waals surface area (Å²) in [5.41, 5.74) is -1.07. The molecule has 172 valence electrons. The van der Waals surface area contributed by atoms with E-state index in [9.17, 15) is 22.4 Å². The molecule has 1 aliphatic carbocycles. The van der Waals surface area contributed by atoms with Crippen molar-refractivity contribution in [1.29, 1.82) is 0 Å². The van der Waals surface area contributed by atoms with Gasteiger partial charge in [-0.15, -0.1) is 0 Å². The maximum Gasteiger partial charge on any atom is 0.247 e. The van der Waals surface area contributed by atoms with Crippen LogP contribution in [0.25, 0.3) is 0 Å². The number of halogens is 1. The van der Waals surface area contributed by atoms with Crippen molar-refractivity contribution in [2.45, 2.75) is 70.4 Å². The maximum atomic E-state index is 13.5. The average molecular weight is 454 g/mol. The lowest BCUT2D eigenvalue weighted by molar-refractivity contribution is -0.133. The van der Waals surface area contributed by atoms with Crippen molar-refractivity contribution in [3.05, 3.63) is 30.1 Å². The van der Waals surface area contributed by atoms with Gasteiger partial charge in [0.15, 0.2) is 0 Å². The van der Waals surface area contributed by atoms with E-state index in [2.05, 4.69) is 5.32 Å². The van der Waals surface area contributed by atoms with Gasteiger partial charge in [-0.1, -0.05) is 32.6 Å². The molecule has 31 heavy (non-hydrogen) atoms. The quantitative estimate of drug-likeness (QED) is 0.671. The van der Waals surface area contributed by atoms with Gasteiger partial charge in [0.05, 0.1) is 12.3 Å². The van der Waals surface area contributed by atoms with Crippen LogP contribution in [0, 0.1) is 5.82 Å². The van der Waals surface area contributed by atoms with E-state index in [1.54, 1.807) is 13.8 Å². The zero-order valence-corrected chi connectivity index (χ0v) is 19.1. The molecule has 2 fully saturated rings. The van der Waals surface area contributed by atoms with Crippen molar-refractivity contribution < 1.29 is 22.4 Å².